The Morgan fingerprint density at radius 2 is 2.17 bits per heavy atom. The van der Waals surface area contributed by atoms with Crippen LogP contribution in [0.5, 0.6) is 0 Å². The summed E-state index contributed by atoms with van der Waals surface area (Å²) in [4.78, 5) is 22.1. The molecule has 1 aliphatic heterocycles. The first-order chi connectivity index (χ1) is 11.7. The summed E-state index contributed by atoms with van der Waals surface area (Å²) in [6.45, 7) is 0.631. The van der Waals surface area contributed by atoms with Crippen molar-refractivity contribution in [3.05, 3.63) is 34.9 Å². The van der Waals surface area contributed by atoms with Gasteiger partial charge in [0.2, 0.25) is 0 Å². The van der Waals surface area contributed by atoms with Crippen LogP contribution in [0, 0.1) is 11.3 Å². The third-order valence-electron chi connectivity index (χ3n) is 6.49. The molecule has 1 aromatic rings. The minimum Gasteiger partial charge on any atom is -0.465 e. The van der Waals surface area contributed by atoms with E-state index in [2.05, 4.69) is 18.2 Å². The topological polar surface area (TPSA) is 43.4 Å². The molecular weight excluding hydrogens is 300 g/mol. The summed E-state index contributed by atoms with van der Waals surface area (Å²) in [5.41, 5.74) is 4.57. The molecule has 1 spiro atoms. The fourth-order valence-electron chi connectivity index (χ4n) is 5.08. The molecule has 0 bridgehead atoms. The van der Waals surface area contributed by atoms with Gasteiger partial charge in [0.05, 0.1) is 13.0 Å². The van der Waals surface area contributed by atoms with Gasteiger partial charge in [0.25, 0.3) is 0 Å². The van der Waals surface area contributed by atoms with Crippen molar-refractivity contribution in [1.29, 1.82) is 0 Å². The molecule has 0 N–H and O–H groups in total. The Morgan fingerprint density at radius 3 is 2.96 bits per heavy atom. The minimum atomic E-state index is -0.0116. The molecule has 0 radical (unpaired) electrons. The summed E-state index contributed by atoms with van der Waals surface area (Å²) < 4.78 is 5.25. The Kier molecular flexibility index (Phi) is 4.19. The number of fused-ring (bicyclic) bond motifs is 1. The number of benzene rings is 1. The maximum atomic E-state index is 11.5. The number of carbonyl (C=O) groups is 2. The van der Waals surface area contributed by atoms with Gasteiger partial charge in [0.15, 0.2) is 0 Å². The van der Waals surface area contributed by atoms with Crippen molar-refractivity contribution in [2.24, 2.45) is 11.3 Å². The monoisotopic (exact) mass is 326 g/mol. The SMILES string of the molecule is O=CCC[C@@H]1CCc2cc([C@H]3CC[C@]4(COC(=O)C4)C3)ccc2C1. The summed E-state index contributed by atoms with van der Waals surface area (Å²) in [7, 11) is 0. The fraction of sp³-hybridized carbons (Fsp3) is 0.619. The van der Waals surface area contributed by atoms with E-state index in [0.29, 0.717) is 31.3 Å². The van der Waals surface area contributed by atoms with Crippen molar-refractivity contribution in [2.75, 3.05) is 6.61 Å². The average molecular weight is 326 g/mol. The smallest absolute Gasteiger partial charge is 0.306 e. The standard InChI is InChI=1S/C21H26O3/c22-9-1-2-15-3-4-17-11-18(6-5-16(17)10-15)19-7-8-21(12-19)13-20(23)24-14-21/h5-6,9,11,15,19H,1-4,7-8,10,12-14H2/t15-,19+,21+/m1/s1. The second kappa shape index (κ2) is 6.34. The lowest BCUT2D eigenvalue weighted by atomic mass is 9.79. The van der Waals surface area contributed by atoms with Gasteiger partial charge < -0.3 is 9.53 Å². The van der Waals surface area contributed by atoms with E-state index in [9.17, 15) is 9.59 Å². The van der Waals surface area contributed by atoms with Crippen LogP contribution in [0.1, 0.15) is 67.6 Å². The molecule has 0 aromatic heterocycles. The average Bonchev–Trinajstić information content (AvgIpc) is 3.18. The second-order valence-corrected chi connectivity index (χ2v) is 8.16. The van der Waals surface area contributed by atoms with Gasteiger partial charge in [0, 0.05) is 11.8 Å². The predicted molar refractivity (Wildman–Crippen MR) is 91.9 cm³/mol. The van der Waals surface area contributed by atoms with Crippen LogP contribution in [0.4, 0.5) is 0 Å². The normalized spacial score (nSPS) is 31.9. The molecule has 0 unspecified atom stereocenters. The maximum absolute atomic E-state index is 11.5. The Hall–Kier alpha value is -1.64. The van der Waals surface area contributed by atoms with Crippen LogP contribution < -0.4 is 0 Å². The molecule has 2 fully saturated rings. The Balaban J connectivity index is 1.45. The zero-order valence-corrected chi connectivity index (χ0v) is 14.3. The first kappa shape index (κ1) is 15.9. The summed E-state index contributed by atoms with van der Waals surface area (Å²) in [6.07, 6.45) is 10.3. The lowest BCUT2D eigenvalue weighted by Gasteiger charge is -2.26. The molecular formula is C21H26O3. The van der Waals surface area contributed by atoms with E-state index in [4.69, 9.17) is 4.74 Å². The number of cyclic esters (lactones) is 1. The Bertz CT molecular complexity index is 650. The van der Waals surface area contributed by atoms with Gasteiger partial charge in [-0.1, -0.05) is 18.2 Å². The highest BCUT2D eigenvalue weighted by Crippen LogP contribution is 2.51. The van der Waals surface area contributed by atoms with Gasteiger partial charge in [-0.15, -0.1) is 0 Å². The molecule has 2 aliphatic carbocycles. The first-order valence-corrected chi connectivity index (χ1v) is 9.38. The van der Waals surface area contributed by atoms with Crippen LogP contribution in [-0.2, 0) is 27.2 Å². The number of carbonyl (C=O) groups excluding carboxylic acids is 2. The molecule has 4 rings (SSSR count). The largest absolute Gasteiger partial charge is 0.465 e. The quantitative estimate of drug-likeness (QED) is 0.621. The summed E-state index contributed by atoms with van der Waals surface area (Å²) >= 11 is 0. The van der Waals surface area contributed by atoms with Crippen LogP contribution in [0.3, 0.4) is 0 Å². The predicted octanol–water partition coefficient (Wildman–Crippen LogP) is 3.97. The van der Waals surface area contributed by atoms with Crippen molar-refractivity contribution in [2.45, 2.75) is 63.7 Å². The third-order valence-corrected chi connectivity index (χ3v) is 6.49. The summed E-state index contributed by atoms with van der Waals surface area (Å²) in [5.74, 6) is 1.24. The van der Waals surface area contributed by atoms with E-state index >= 15 is 0 Å². The highest BCUT2D eigenvalue weighted by Gasteiger charge is 2.46. The number of hydrogen-bond acceptors (Lipinski definition) is 3. The van der Waals surface area contributed by atoms with Gasteiger partial charge in [0.1, 0.15) is 6.29 Å². The minimum absolute atomic E-state index is 0.0116. The maximum Gasteiger partial charge on any atom is 0.306 e. The van der Waals surface area contributed by atoms with E-state index in [1.165, 1.54) is 29.5 Å². The van der Waals surface area contributed by atoms with Gasteiger partial charge in [-0.2, -0.15) is 0 Å². The van der Waals surface area contributed by atoms with Crippen molar-refractivity contribution < 1.29 is 14.3 Å². The molecule has 1 saturated heterocycles. The van der Waals surface area contributed by atoms with Crippen molar-refractivity contribution in [3.63, 3.8) is 0 Å². The fourth-order valence-corrected chi connectivity index (χ4v) is 5.08. The lowest BCUT2D eigenvalue weighted by molar-refractivity contribution is -0.137. The molecule has 1 saturated carbocycles. The Labute approximate surface area is 143 Å². The third kappa shape index (κ3) is 3.01. The van der Waals surface area contributed by atoms with Crippen LogP contribution in [0.25, 0.3) is 0 Å². The molecule has 24 heavy (non-hydrogen) atoms. The molecule has 128 valence electrons. The number of aldehydes is 1. The van der Waals surface area contributed by atoms with Crippen LogP contribution >= 0.6 is 0 Å². The van der Waals surface area contributed by atoms with Gasteiger partial charge >= 0.3 is 5.97 Å². The molecule has 3 nitrogen and oxygen atoms in total. The number of esters is 1. The van der Waals surface area contributed by atoms with Gasteiger partial charge in [-0.05, 0) is 73.5 Å². The number of ether oxygens (including phenoxy) is 1. The number of rotatable bonds is 4. The van der Waals surface area contributed by atoms with E-state index < -0.39 is 0 Å². The Morgan fingerprint density at radius 1 is 1.25 bits per heavy atom. The first-order valence-electron chi connectivity index (χ1n) is 9.38. The van der Waals surface area contributed by atoms with E-state index in [1.54, 1.807) is 0 Å². The van der Waals surface area contributed by atoms with Crippen molar-refractivity contribution in [1.82, 2.24) is 0 Å². The van der Waals surface area contributed by atoms with E-state index in [-0.39, 0.29) is 11.4 Å². The van der Waals surface area contributed by atoms with Crippen molar-refractivity contribution in [3.8, 4) is 0 Å². The van der Waals surface area contributed by atoms with Crippen molar-refractivity contribution >= 4 is 12.3 Å². The molecule has 1 heterocycles. The number of hydrogen-bond donors (Lipinski definition) is 0. The number of aryl methyl sites for hydroxylation is 1. The highest BCUT2D eigenvalue weighted by molar-refractivity contribution is 5.72. The molecule has 3 heteroatoms. The van der Waals surface area contributed by atoms with Gasteiger partial charge in [-0.3, -0.25) is 4.79 Å². The van der Waals surface area contributed by atoms with Gasteiger partial charge in [-0.25, -0.2) is 0 Å². The second-order valence-electron chi connectivity index (χ2n) is 8.16. The summed E-state index contributed by atoms with van der Waals surface area (Å²) in [5, 5.41) is 0. The zero-order valence-electron chi connectivity index (χ0n) is 14.3. The molecule has 3 aliphatic rings. The van der Waals surface area contributed by atoms with E-state index in [0.717, 1.165) is 38.4 Å². The van der Waals surface area contributed by atoms with Crippen LogP contribution in [0.15, 0.2) is 18.2 Å². The lowest BCUT2D eigenvalue weighted by Crippen LogP contribution is -2.17. The van der Waals surface area contributed by atoms with Crippen LogP contribution in [0.2, 0.25) is 0 Å². The molecule has 0 amide bonds. The zero-order chi connectivity index (χ0) is 16.6. The van der Waals surface area contributed by atoms with E-state index in [1.807, 2.05) is 0 Å². The summed E-state index contributed by atoms with van der Waals surface area (Å²) in [6, 6.07) is 7.05. The highest BCUT2D eigenvalue weighted by atomic mass is 16.5. The van der Waals surface area contributed by atoms with Crippen LogP contribution in [-0.4, -0.2) is 18.9 Å². The molecule has 3 atom stereocenters. The molecule has 1 aromatic carbocycles.